The Kier molecular flexibility index (Phi) is 6.65. The standard InChI is InChI=1S/C24H28N2O5/c1-15-6-8-18(16(2)12-15)21-22(25(3)10-11-27)24(29)26(23(21)28)14-17-7-9-19(30-4)20(13-17)31-5/h6-9,12-13,27H,10-11,14H2,1-5H3. The van der Waals surface area contributed by atoms with Crippen molar-refractivity contribution < 1.29 is 24.2 Å². The lowest BCUT2D eigenvalue weighted by Gasteiger charge is -2.20. The molecule has 0 spiro atoms. The maximum absolute atomic E-state index is 13.5. The van der Waals surface area contributed by atoms with Crippen molar-refractivity contribution in [2.24, 2.45) is 0 Å². The lowest BCUT2D eigenvalue weighted by molar-refractivity contribution is -0.138. The molecule has 0 bridgehead atoms. The second-order valence-electron chi connectivity index (χ2n) is 7.57. The SMILES string of the molecule is COc1ccc(CN2C(=O)C(c3ccc(C)cc3C)=C(N(C)CCO)C2=O)cc1OC. The smallest absolute Gasteiger partial charge is 0.278 e. The molecule has 0 aliphatic carbocycles. The number of carbonyl (C=O) groups is 2. The van der Waals surface area contributed by atoms with Crippen LogP contribution in [0.5, 0.6) is 11.5 Å². The first-order valence-corrected chi connectivity index (χ1v) is 10.0. The number of imide groups is 1. The van der Waals surface area contributed by atoms with Crippen LogP contribution in [0.15, 0.2) is 42.1 Å². The summed E-state index contributed by atoms with van der Waals surface area (Å²) in [7, 11) is 4.80. The van der Waals surface area contributed by atoms with E-state index in [4.69, 9.17) is 9.47 Å². The molecule has 0 unspecified atom stereocenters. The third kappa shape index (κ3) is 4.27. The Bertz CT molecular complexity index is 1040. The van der Waals surface area contributed by atoms with Gasteiger partial charge in [-0.25, -0.2) is 0 Å². The second kappa shape index (κ2) is 9.22. The van der Waals surface area contributed by atoms with E-state index >= 15 is 0 Å². The molecule has 164 valence electrons. The quantitative estimate of drug-likeness (QED) is 0.656. The van der Waals surface area contributed by atoms with Crippen LogP contribution in [0.2, 0.25) is 0 Å². The predicted molar refractivity (Wildman–Crippen MR) is 118 cm³/mol. The maximum atomic E-state index is 13.5. The van der Waals surface area contributed by atoms with Crippen LogP contribution < -0.4 is 9.47 Å². The molecule has 7 heteroatoms. The van der Waals surface area contributed by atoms with Gasteiger partial charge in [0.15, 0.2) is 11.5 Å². The normalized spacial score (nSPS) is 13.8. The van der Waals surface area contributed by atoms with Crippen molar-refractivity contribution in [2.75, 3.05) is 34.4 Å². The predicted octanol–water partition coefficient (Wildman–Crippen LogP) is 2.52. The summed E-state index contributed by atoms with van der Waals surface area (Å²) >= 11 is 0. The van der Waals surface area contributed by atoms with E-state index < -0.39 is 0 Å². The number of rotatable bonds is 8. The highest BCUT2D eigenvalue weighted by molar-refractivity contribution is 6.35. The highest BCUT2D eigenvalue weighted by atomic mass is 16.5. The minimum Gasteiger partial charge on any atom is -0.493 e. The van der Waals surface area contributed by atoms with Crippen LogP contribution in [-0.4, -0.2) is 61.1 Å². The molecule has 1 heterocycles. The fourth-order valence-electron chi connectivity index (χ4n) is 3.82. The lowest BCUT2D eigenvalue weighted by Crippen LogP contribution is -2.34. The zero-order valence-electron chi connectivity index (χ0n) is 18.6. The van der Waals surface area contributed by atoms with E-state index in [-0.39, 0.29) is 31.5 Å². The second-order valence-corrected chi connectivity index (χ2v) is 7.57. The Hall–Kier alpha value is -3.32. The first kappa shape index (κ1) is 22.4. The number of likely N-dealkylation sites (N-methyl/N-ethyl adjacent to an activating group) is 1. The Balaban J connectivity index is 2.03. The average Bonchev–Trinajstić information content (AvgIpc) is 2.98. The molecular weight excluding hydrogens is 396 g/mol. The molecule has 7 nitrogen and oxygen atoms in total. The Morgan fingerprint density at radius 2 is 1.68 bits per heavy atom. The van der Waals surface area contributed by atoms with E-state index in [1.165, 1.54) is 12.0 Å². The fraction of sp³-hybridized carbons (Fsp3) is 0.333. The number of hydrogen-bond donors (Lipinski definition) is 1. The van der Waals surface area contributed by atoms with E-state index in [0.29, 0.717) is 22.8 Å². The molecule has 0 saturated heterocycles. The molecule has 0 saturated carbocycles. The number of ether oxygens (including phenoxy) is 2. The van der Waals surface area contributed by atoms with Crippen molar-refractivity contribution in [3.8, 4) is 11.5 Å². The van der Waals surface area contributed by atoms with Gasteiger partial charge in [0.05, 0.1) is 32.9 Å². The highest BCUT2D eigenvalue weighted by Gasteiger charge is 2.41. The van der Waals surface area contributed by atoms with Gasteiger partial charge in [0, 0.05) is 13.6 Å². The number of benzene rings is 2. The number of nitrogens with zero attached hydrogens (tertiary/aromatic N) is 2. The van der Waals surface area contributed by atoms with Gasteiger partial charge in [-0.2, -0.15) is 0 Å². The summed E-state index contributed by atoms with van der Waals surface area (Å²) in [6.45, 7) is 4.12. The van der Waals surface area contributed by atoms with Gasteiger partial charge in [-0.05, 0) is 42.7 Å². The van der Waals surface area contributed by atoms with Gasteiger partial charge in [-0.3, -0.25) is 14.5 Å². The van der Waals surface area contributed by atoms with Crippen molar-refractivity contribution in [3.63, 3.8) is 0 Å². The van der Waals surface area contributed by atoms with Crippen molar-refractivity contribution in [1.82, 2.24) is 9.80 Å². The first-order valence-electron chi connectivity index (χ1n) is 10.0. The molecular formula is C24H28N2O5. The number of carbonyl (C=O) groups excluding carboxylic acids is 2. The Labute approximate surface area is 182 Å². The van der Waals surface area contributed by atoms with Gasteiger partial charge in [0.25, 0.3) is 11.8 Å². The van der Waals surface area contributed by atoms with E-state index in [2.05, 4.69) is 0 Å². The highest BCUT2D eigenvalue weighted by Crippen LogP contribution is 2.35. The summed E-state index contributed by atoms with van der Waals surface area (Å²) in [5.74, 6) is 0.360. The molecule has 1 N–H and O–H groups in total. The van der Waals surface area contributed by atoms with Crippen LogP contribution in [-0.2, 0) is 16.1 Å². The zero-order chi connectivity index (χ0) is 22.7. The average molecular weight is 424 g/mol. The molecule has 2 aromatic rings. The topological polar surface area (TPSA) is 79.3 Å². The van der Waals surface area contributed by atoms with E-state index in [0.717, 1.165) is 22.3 Å². The van der Waals surface area contributed by atoms with Gasteiger partial charge in [-0.15, -0.1) is 0 Å². The van der Waals surface area contributed by atoms with Crippen molar-refractivity contribution in [3.05, 3.63) is 64.3 Å². The summed E-state index contributed by atoms with van der Waals surface area (Å²) in [6, 6.07) is 11.1. The number of hydrogen-bond acceptors (Lipinski definition) is 6. The summed E-state index contributed by atoms with van der Waals surface area (Å²) in [4.78, 5) is 29.7. The summed E-state index contributed by atoms with van der Waals surface area (Å²) in [6.07, 6.45) is 0. The van der Waals surface area contributed by atoms with E-state index in [1.807, 2.05) is 32.0 Å². The molecule has 1 aliphatic rings. The third-order valence-electron chi connectivity index (χ3n) is 5.40. The molecule has 3 rings (SSSR count). The zero-order valence-corrected chi connectivity index (χ0v) is 18.6. The Morgan fingerprint density at radius 3 is 2.29 bits per heavy atom. The molecule has 2 aromatic carbocycles. The lowest BCUT2D eigenvalue weighted by atomic mass is 9.97. The number of aliphatic hydroxyl groups excluding tert-OH is 1. The number of methoxy groups -OCH3 is 2. The van der Waals surface area contributed by atoms with Crippen LogP contribution >= 0.6 is 0 Å². The van der Waals surface area contributed by atoms with E-state index in [9.17, 15) is 14.7 Å². The monoisotopic (exact) mass is 424 g/mol. The summed E-state index contributed by atoms with van der Waals surface area (Å²) < 4.78 is 10.6. The molecule has 31 heavy (non-hydrogen) atoms. The van der Waals surface area contributed by atoms with Crippen molar-refractivity contribution in [1.29, 1.82) is 0 Å². The van der Waals surface area contributed by atoms with Crippen LogP contribution in [0.1, 0.15) is 22.3 Å². The van der Waals surface area contributed by atoms with Gasteiger partial charge in [0.1, 0.15) is 5.70 Å². The van der Waals surface area contributed by atoms with Crippen molar-refractivity contribution >= 4 is 17.4 Å². The maximum Gasteiger partial charge on any atom is 0.278 e. The van der Waals surface area contributed by atoms with E-state index in [1.54, 1.807) is 37.3 Å². The molecule has 0 radical (unpaired) electrons. The Morgan fingerprint density at radius 1 is 0.968 bits per heavy atom. The van der Waals surface area contributed by atoms with Gasteiger partial charge < -0.3 is 19.5 Å². The van der Waals surface area contributed by atoms with Crippen LogP contribution in [0.25, 0.3) is 5.57 Å². The number of aliphatic hydroxyl groups is 1. The minimum absolute atomic E-state index is 0.100. The molecule has 0 fully saturated rings. The summed E-state index contributed by atoms with van der Waals surface area (Å²) in [5, 5.41) is 9.41. The molecule has 0 aromatic heterocycles. The van der Waals surface area contributed by atoms with Crippen LogP contribution in [0, 0.1) is 13.8 Å². The van der Waals surface area contributed by atoms with Crippen molar-refractivity contribution in [2.45, 2.75) is 20.4 Å². The van der Waals surface area contributed by atoms with Gasteiger partial charge in [0.2, 0.25) is 0 Å². The largest absolute Gasteiger partial charge is 0.493 e. The van der Waals surface area contributed by atoms with Crippen LogP contribution in [0.4, 0.5) is 0 Å². The fourth-order valence-corrected chi connectivity index (χ4v) is 3.82. The van der Waals surface area contributed by atoms with Gasteiger partial charge in [-0.1, -0.05) is 29.8 Å². The van der Waals surface area contributed by atoms with Gasteiger partial charge >= 0.3 is 0 Å². The van der Waals surface area contributed by atoms with Crippen LogP contribution in [0.3, 0.4) is 0 Å². The molecule has 0 atom stereocenters. The summed E-state index contributed by atoms with van der Waals surface area (Å²) in [5.41, 5.74) is 4.11. The molecule has 2 amide bonds. The third-order valence-corrected chi connectivity index (χ3v) is 5.40. The number of aryl methyl sites for hydroxylation is 2. The molecule has 1 aliphatic heterocycles. The minimum atomic E-state index is -0.384. The first-order chi connectivity index (χ1) is 14.8. The number of amides is 2.